The van der Waals surface area contributed by atoms with E-state index in [1.807, 2.05) is 24.4 Å². The van der Waals surface area contributed by atoms with Crippen molar-refractivity contribution in [1.82, 2.24) is 5.32 Å². The fraction of sp³-hybridized carbons (Fsp3) is 0.235. The molecule has 128 valence electrons. The number of thiophene rings is 1. The van der Waals surface area contributed by atoms with E-state index < -0.39 is 6.61 Å². The maximum absolute atomic E-state index is 12.6. The number of para-hydroxylation sites is 1. The lowest BCUT2D eigenvalue weighted by atomic mass is 10.1. The first-order valence-corrected chi connectivity index (χ1v) is 8.03. The van der Waals surface area contributed by atoms with Crippen LogP contribution in [0, 0.1) is 0 Å². The summed E-state index contributed by atoms with van der Waals surface area (Å²) in [6.07, 6.45) is 2.69. The third-order valence-electron chi connectivity index (χ3n) is 3.18. The summed E-state index contributed by atoms with van der Waals surface area (Å²) >= 11 is 1.54. The zero-order chi connectivity index (χ0) is 17.5. The third-order valence-corrected chi connectivity index (χ3v) is 4.23. The molecule has 0 saturated heterocycles. The van der Waals surface area contributed by atoms with Gasteiger partial charge in [-0.25, -0.2) is 0 Å². The van der Waals surface area contributed by atoms with Crippen molar-refractivity contribution in [2.24, 2.45) is 0 Å². The van der Waals surface area contributed by atoms with E-state index >= 15 is 0 Å². The maximum atomic E-state index is 12.6. The Labute approximate surface area is 142 Å². The van der Waals surface area contributed by atoms with E-state index in [1.165, 1.54) is 25.3 Å². The summed E-state index contributed by atoms with van der Waals surface area (Å²) < 4.78 is 34.6. The number of rotatable bonds is 7. The molecule has 2 rings (SSSR count). The minimum absolute atomic E-state index is 0.106. The van der Waals surface area contributed by atoms with Crippen molar-refractivity contribution in [3.05, 3.63) is 52.2 Å². The molecule has 1 aromatic carbocycles. The van der Waals surface area contributed by atoms with Crippen molar-refractivity contribution in [1.29, 1.82) is 0 Å². The molecular formula is C17H17F2NO3S. The van der Waals surface area contributed by atoms with Crippen molar-refractivity contribution in [3.8, 4) is 11.5 Å². The van der Waals surface area contributed by atoms with Gasteiger partial charge in [-0.05, 0) is 30.5 Å². The molecule has 0 aliphatic carbocycles. The first-order chi connectivity index (χ1) is 11.5. The summed E-state index contributed by atoms with van der Waals surface area (Å²) in [5.41, 5.74) is 0.327. The topological polar surface area (TPSA) is 47.6 Å². The summed E-state index contributed by atoms with van der Waals surface area (Å²) in [6, 6.07) is 8.40. The fourth-order valence-corrected chi connectivity index (χ4v) is 2.81. The van der Waals surface area contributed by atoms with E-state index in [-0.39, 0.29) is 23.4 Å². The molecule has 24 heavy (non-hydrogen) atoms. The average molecular weight is 353 g/mol. The van der Waals surface area contributed by atoms with E-state index in [0.29, 0.717) is 5.56 Å². The van der Waals surface area contributed by atoms with Gasteiger partial charge in [-0.1, -0.05) is 18.2 Å². The molecule has 0 aliphatic rings. The lowest BCUT2D eigenvalue weighted by molar-refractivity contribution is -0.117. The molecule has 0 saturated carbocycles. The number of nitrogens with one attached hydrogen (secondary N) is 1. The number of alkyl halides is 2. The number of halogens is 2. The number of methoxy groups -OCH3 is 1. The SMILES string of the molecule is COc1cccc(/C=C/C(=O)NC(C)c2cccs2)c1OC(F)F. The molecule has 0 aliphatic heterocycles. The molecule has 1 heterocycles. The Bertz CT molecular complexity index is 702. The van der Waals surface area contributed by atoms with Crippen LogP contribution in [0.1, 0.15) is 23.4 Å². The minimum atomic E-state index is -2.99. The first kappa shape index (κ1) is 17.9. The largest absolute Gasteiger partial charge is 0.493 e. The van der Waals surface area contributed by atoms with Gasteiger partial charge in [-0.3, -0.25) is 4.79 Å². The van der Waals surface area contributed by atoms with E-state index in [1.54, 1.807) is 23.5 Å². The van der Waals surface area contributed by atoms with E-state index in [2.05, 4.69) is 10.1 Å². The molecule has 1 unspecified atom stereocenters. The Kier molecular flexibility index (Phi) is 6.31. The Morgan fingerprint density at radius 2 is 2.08 bits per heavy atom. The van der Waals surface area contributed by atoms with Gasteiger partial charge in [0, 0.05) is 16.5 Å². The van der Waals surface area contributed by atoms with Gasteiger partial charge in [-0.2, -0.15) is 8.78 Å². The molecule has 1 amide bonds. The average Bonchev–Trinajstić information content (AvgIpc) is 3.07. The molecule has 1 atom stereocenters. The monoisotopic (exact) mass is 353 g/mol. The second-order valence-corrected chi connectivity index (χ2v) is 5.82. The quantitative estimate of drug-likeness (QED) is 0.757. The van der Waals surface area contributed by atoms with Gasteiger partial charge in [0.05, 0.1) is 13.2 Å². The number of ether oxygens (including phenoxy) is 2. The van der Waals surface area contributed by atoms with Crippen LogP contribution in [-0.4, -0.2) is 19.6 Å². The van der Waals surface area contributed by atoms with Crippen LogP contribution in [0.25, 0.3) is 6.08 Å². The first-order valence-electron chi connectivity index (χ1n) is 7.15. The zero-order valence-corrected chi connectivity index (χ0v) is 14.0. The molecule has 2 aromatic rings. The molecule has 1 aromatic heterocycles. The van der Waals surface area contributed by atoms with Gasteiger partial charge in [0.25, 0.3) is 0 Å². The van der Waals surface area contributed by atoms with E-state index in [4.69, 9.17) is 4.74 Å². The van der Waals surface area contributed by atoms with Gasteiger partial charge in [0.15, 0.2) is 11.5 Å². The lowest BCUT2D eigenvalue weighted by Crippen LogP contribution is -2.23. The van der Waals surface area contributed by atoms with Crippen LogP contribution < -0.4 is 14.8 Å². The number of benzene rings is 1. The highest BCUT2D eigenvalue weighted by molar-refractivity contribution is 7.10. The normalized spacial score (nSPS) is 12.4. The standard InChI is InChI=1S/C17H17F2NO3S/c1-11(14-7-4-10-24-14)20-15(21)9-8-12-5-3-6-13(22-2)16(12)23-17(18)19/h3-11,17H,1-2H3,(H,20,21)/b9-8+. The van der Waals surface area contributed by atoms with Crippen LogP contribution in [-0.2, 0) is 4.79 Å². The van der Waals surface area contributed by atoms with Crippen LogP contribution in [0.15, 0.2) is 41.8 Å². The molecule has 1 N–H and O–H groups in total. The van der Waals surface area contributed by atoms with Crippen LogP contribution >= 0.6 is 11.3 Å². The molecule has 0 fully saturated rings. The Balaban J connectivity index is 2.11. The van der Waals surface area contributed by atoms with Crippen molar-refractivity contribution in [2.45, 2.75) is 19.6 Å². The maximum Gasteiger partial charge on any atom is 0.387 e. The summed E-state index contributed by atoms with van der Waals surface area (Å²) in [7, 11) is 1.36. The van der Waals surface area contributed by atoms with Crippen LogP contribution in [0.2, 0.25) is 0 Å². The van der Waals surface area contributed by atoms with Crippen molar-refractivity contribution < 1.29 is 23.0 Å². The van der Waals surface area contributed by atoms with Crippen molar-refractivity contribution in [3.63, 3.8) is 0 Å². The van der Waals surface area contributed by atoms with Gasteiger partial charge in [-0.15, -0.1) is 11.3 Å². The van der Waals surface area contributed by atoms with Crippen LogP contribution in [0.3, 0.4) is 0 Å². The zero-order valence-electron chi connectivity index (χ0n) is 13.2. The number of hydrogen-bond donors (Lipinski definition) is 1. The predicted octanol–water partition coefficient (Wildman–Crippen LogP) is 4.25. The number of amides is 1. The second kappa shape index (κ2) is 8.44. The minimum Gasteiger partial charge on any atom is -0.493 e. The third kappa shape index (κ3) is 4.79. The Morgan fingerprint density at radius 1 is 1.29 bits per heavy atom. The predicted molar refractivity (Wildman–Crippen MR) is 89.5 cm³/mol. The highest BCUT2D eigenvalue weighted by Crippen LogP contribution is 2.33. The molecule has 4 nitrogen and oxygen atoms in total. The Morgan fingerprint density at radius 3 is 2.71 bits per heavy atom. The highest BCUT2D eigenvalue weighted by Gasteiger charge is 2.14. The number of carbonyl (C=O) groups is 1. The molecule has 7 heteroatoms. The number of carbonyl (C=O) groups excluding carboxylic acids is 1. The molecule has 0 spiro atoms. The van der Waals surface area contributed by atoms with E-state index in [9.17, 15) is 13.6 Å². The summed E-state index contributed by atoms with van der Waals surface area (Å²) in [5, 5.41) is 4.73. The summed E-state index contributed by atoms with van der Waals surface area (Å²) in [4.78, 5) is 13.0. The molecular weight excluding hydrogens is 336 g/mol. The van der Waals surface area contributed by atoms with Gasteiger partial charge >= 0.3 is 6.61 Å². The van der Waals surface area contributed by atoms with Crippen molar-refractivity contribution >= 4 is 23.3 Å². The lowest BCUT2D eigenvalue weighted by Gasteiger charge is -2.12. The molecule has 0 bridgehead atoms. The van der Waals surface area contributed by atoms with Gasteiger partial charge < -0.3 is 14.8 Å². The smallest absolute Gasteiger partial charge is 0.387 e. The van der Waals surface area contributed by atoms with Crippen LogP contribution in [0.4, 0.5) is 8.78 Å². The van der Waals surface area contributed by atoms with Crippen molar-refractivity contribution in [2.75, 3.05) is 7.11 Å². The number of hydrogen-bond acceptors (Lipinski definition) is 4. The van der Waals surface area contributed by atoms with E-state index in [0.717, 1.165) is 4.88 Å². The summed E-state index contributed by atoms with van der Waals surface area (Å²) in [6.45, 7) is -1.12. The highest BCUT2D eigenvalue weighted by atomic mass is 32.1. The van der Waals surface area contributed by atoms with Gasteiger partial charge in [0.2, 0.25) is 5.91 Å². The Hall–Kier alpha value is -2.41. The summed E-state index contributed by atoms with van der Waals surface area (Å²) in [5.74, 6) is -0.267. The van der Waals surface area contributed by atoms with Crippen LogP contribution in [0.5, 0.6) is 11.5 Å². The van der Waals surface area contributed by atoms with Gasteiger partial charge in [0.1, 0.15) is 0 Å². The molecule has 0 radical (unpaired) electrons. The second-order valence-electron chi connectivity index (χ2n) is 4.84. The fourth-order valence-electron chi connectivity index (χ4n) is 2.08.